The van der Waals surface area contributed by atoms with Crippen LogP contribution in [-0.2, 0) is 9.47 Å². The van der Waals surface area contributed by atoms with Crippen molar-refractivity contribution in [2.24, 2.45) is 0 Å². The molecule has 17 heavy (non-hydrogen) atoms. The summed E-state index contributed by atoms with van der Waals surface area (Å²) in [5.41, 5.74) is 0.167. The minimum absolute atomic E-state index is 0.167. The maximum absolute atomic E-state index is 13.2. The zero-order chi connectivity index (χ0) is 12.7. The second kappa shape index (κ2) is 7.74. The average molecular weight is 254 g/mol. The van der Waals surface area contributed by atoms with Crippen molar-refractivity contribution in [2.75, 3.05) is 19.0 Å². The van der Waals surface area contributed by atoms with Crippen LogP contribution in [0.5, 0.6) is 0 Å². The van der Waals surface area contributed by atoms with Gasteiger partial charge in [0.15, 0.2) is 6.29 Å². The number of halogens is 1. The van der Waals surface area contributed by atoms with Gasteiger partial charge in [-0.15, -0.1) is 11.8 Å². The molecule has 1 aromatic rings. The molecule has 0 heterocycles. The number of hydrogen-bond donors (Lipinski definition) is 0. The van der Waals surface area contributed by atoms with Crippen molar-refractivity contribution in [1.29, 1.82) is 0 Å². The van der Waals surface area contributed by atoms with Crippen molar-refractivity contribution < 1.29 is 13.9 Å². The van der Waals surface area contributed by atoms with Gasteiger partial charge in [0.05, 0.1) is 0 Å². The van der Waals surface area contributed by atoms with E-state index in [9.17, 15) is 4.39 Å². The first-order chi connectivity index (χ1) is 8.17. The lowest BCUT2D eigenvalue weighted by molar-refractivity contribution is -0.120. The molecule has 0 N–H and O–H groups in total. The normalized spacial score (nSPS) is 11.1. The Morgan fingerprint density at radius 3 is 2.47 bits per heavy atom. The molecule has 2 nitrogen and oxygen atoms in total. The fourth-order valence-electron chi connectivity index (χ4n) is 1.28. The Morgan fingerprint density at radius 1 is 1.29 bits per heavy atom. The topological polar surface area (TPSA) is 18.5 Å². The van der Waals surface area contributed by atoms with Gasteiger partial charge < -0.3 is 9.47 Å². The van der Waals surface area contributed by atoms with Crippen molar-refractivity contribution >= 4 is 25.1 Å². The number of ether oxygens (including phenoxy) is 2. The third kappa shape index (κ3) is 5.11. The molecule has 0 amide bonds. The van der Waals surface area contributed by atoms with E-state index >= 15 is 0 Å². The fourth-order valence-corrected chi connectivity index (χ4v) is 2.15. The van der Waals surface area contributed by atoms with Crippen molar-refractivity contribution in [3.63, 3.8) is 0 Å². The fraction of sp³-hybridized carbons (Fsp3) is 0.500. The standard InChI is InChI=1S/C12H16BFO2S/c1-3-15-12(16-4-2)8-17-9-5-6-10(13)11(14)7-9/h5-7,12H,3-4,8H2,1-2H3. The first-order valence-electron chi connectivity index (χ1n) is 5.58. The van der Waals surface area contributed by atoms with Gasteiger partial charge in [-0.25, -0.2) is 4.39 Å². The Hall–Kier alpha value is -0.515. The summed E-state index contributed by atoms with van der Waals surface area (Å²) in [5.74, 6) is 0.241. The van der Waals surface area contributed by atoms with Crippen LogP contribution < -0.4 is 5.46 Å². The van der Waals surface area contributed by atoms with Crippen LogP contribution in [0, 0.1) is 5.82 Å². The van der Waals surface area contributed by atoms with Gasteiger partial charge in [-0.1, -0.05) is 11.5 Å². The highest BCUT2D eigenvalue weighted by molar-refractivity contribution is 7.99. The van der Waals surface area contributed by atoms with E-state index < -0.39 is 0 Å². The molecule has 5 heteroatoms. The third-order valence-electron chi connectivity index (χ3n) is 2.06. The van der Waals surface area contributed by atoms with E-state index in [4.69, 9.17) is 17.3 Å². The maximum atomic E-state index is 13.2. The second-order valence-corrected chi connectivity index (χ2v) is 4.43. The van der Waals surface area contributed by atoms with Crippen LogP contribution in [0.2, 0.25) is 0 Å². The maximum Gasteiger partial charge on any atom is 0.166 e. The number of benzene rings is 1. The molecule has 0 aliphatic heterocycles. The summed E-state index contributed by atoms with van der Waals surface area (Å²) in [4.78, 5) is 0.820. The molecule has 92 valence electrons. The molecule has 0 bridgehead atoms. The van der Waals surface area contributed by atoms with E-state index in [-0.39, 0.29) is 17.6 Å². The van der Waals surface area contributed by atoms with Crippen molar-refractivity contribution in [3.05, 3.63) is 24.0 Å². The molecule has 0 saturated carbocycles. The van der Waals surface area contributed by atoms with Gasteiger partial charge in [-0.3, -0.25) is 0 Å². The molecule has 0 atom stereocenters. The van der Waals surface area contributed by atoms with Crippen LogP contribution in [0.4, 0.5) is 4.39 Å². The SMILES string of the molecule is [B]c1ccc(SCC(OCC)OCC)cc1F. The summed E-state index contributed by atoms with van der Waals surface area (Å²) in [6.07, 6.45) is -0.254. The van der Waals surface area contributed by atoms with Gasteiger partial charge in [0.2, 0.25) is 0 Å². The Kier molecular flexibility index (Phi) is 6.62. The number of hydrogen-bond acceptors (Lipinski definition) is 3. The van der Waals surface area contributed by atoms with Crippen LogP contribution in [0.25, 0.3) is 0 Å². The van der Waals surface area contributed by atoms with Crippen molar-refractivity contribution in [2.45, 2.75) is 25.0 Å². The smallest absolute Gasteiger partial charge is 0.166 e. The molecule has 0 saturated heterocycles. The summed E-state index contributed by atoms with van der Waals surface area (Å²) in [7, 11) is 5.41. The lowest BCUT2D eigenvalue weighted by Gasteiger charge is -2.16. The van der Waals surface area contributed by atoms with Gasteiger partial charge >= 0.3 is 0 Å². The Labute approximate surface area is 107 Å². The zero-order valence-electron chi connectivity index (χ0n) is 10.1. The highest BCUT2D eigenvalue weighted by atomic mass is 32.2. The predicted molar refractivity (Wildman–Crippen MR) is 69.6 cm³/mol. The Morgan fingerprint density at radius 2 is 1.94 bits per heavy atom. The van der Waals surface area contributed by atoms with Gasteiger partial charge in [0.1, 0.15) is 13.7 Å². The van der Waals surface area contributed by atoms with Gasteiger partial charge in [-0.05, 0) is 26.0 Å². The molecule has 0 unspecified atom stereocenters. The molecule has 2 radical (unpaired) electrons. The van der Waals surface area contributed by atoms with Gasteiger partial charge in [-0.2, -0.15) is 0 Å². The summed E-state index contributed by atoms with van der Waals surface area (Å²) < 4.78 is 24.0. The minimum atomic E-state index is -0.389. The van der Waals surface area contributed by atoms with E-state index in [0.29, 0.717) is 19.0 Å². The summed E-state index contributed by atoms with van der Waals surface area (Å²) >= 11 is 1.49. The molecule has 0 spiro atoms. The van der Waals surface area contributed by atoms with Crippen LogP contribution in [0.15, 0.2) is 23.1 Å². The second-order valence-electron chi connectivity index (χ2n) is 3.33. The molecule has 1 rings (SSSR count). The first-order valence-corrected chi connectivity index (χ1v) is 6.57. The van der Waals surface area contributed by atoms with E-state index in [1.807, 2.05) is 13.8 Å². The molecule has 0 aliphatic rings. The van der Waals surface area contributed by atoms with Crippen LogP contribution in [0.3, 0.4) is 0 Å². The number of thioether (sulfide) groups is 1. The predicted octanol–water partition coefficient (Wildman–Crippen LogP) is 2.11. The molecule has 1 aromatic carbocycles. The summed E-state index contributed by atoms with van der Waals surface area (Å²) in [5, 5.41) is 0. The number of rotatable bonds is 7. The Balaban J connectivity index is 2.49. The van der Waals surface area contributed by atoms with E-state index in [0.717, 1.165) is 4.90 Å². The monoisotopic (exact) mass is 254 g/mol. The van der Waals surface area contributed by atoms with E-state index in [1.54, 1.807) is 12.1 Å². The molecule has 0 aliphatic carbocycles. The summed E-state index contributed by atoms with van der Waals surface area (Å²) in [6.45, 7) is 5.03. The quantitative estimate of drug-likeness (QED) is 0.422. The van der Waals surface area contributed by atoms with Crippen LogP contribution in [0.1, 0.15) is 13.8 Å². The molecule has 0 fully saturated rings. The van der Waals surface area contributed by atoms with Gasteiger partial charge in [0.25, 0.3) is 0 Å². The van der Waals surface area contributed by atoms with Gasteiger partial charge in [0, 0.05) is 23.9 Å². The lowest BCUT2D eigenvalue weighted by Crippen LogP contribution is -2.20. The van der Waals surface area contributed by atoms with Crippen LogP contribution in [-0.4, -0.2) is 33.1 Å². The van der Waals surface area contributed by atoms with E-state index in [2.05, 4.69) is 0 Å². The minimum Gasteiger partial charge on any atom is -0.352 e. The van der Waals surface area contributed by atoms with Crippen LogP contribution >= 0.6 is 11.8 Å². The summed E-state index contributed by atoms with van der Waals surface area (Å²) in [6, 6.07) is 4.78. The largest absolute Gasteiger partial charge is 0.352 e. The average Bonchev–Trinajstić information content (AvgIpc) is 2.31. The molecule has 0 aromatic heterocycles. The van der Waals surface area contributed by atoms with E-state index in [1.165, 1.54) is 17.8 Å². The highest BCUT2D eigenvalue weighted by Gasteiger charge is 2.09. The Bertz CT molecular complexity index is 343. The first kappa shape index (κ1) is 14.5. The molecular weight excluding hydrogens is 238 g/mol. The third-order valence-corrected chi connectivity index (χ3v) is 3.09. The lowest BCUT2D eigenvalue weighted by atomic mass is 9.96. The zero-order valence-corrected chi connectivity index (χ0v) is 10.9. The highest BCUT2D eigenvalue weighted by Crippen LogP contribution is 2.20. The molecular formula is C12H16BFO2S. The van der Waals surface area contributed by atoms with Crippen molar-refractivity contribution in [1.82, 2.24) is 0 Å². The van der Waals surface area contributed by atoms with Crippen molar-refractivity contribution in [3.8, 4) is 0 Å².